The molecule has 0 bridgehead atoms. The lowest BCUT2D eigenvalue weighted by Gasteiger charge is -2.08. The van der Waals surface area contributed by atoms with Crippen LogP contribution >= 0.6 is 0 Å². The highest BCUT2D eigenvalue weighted by Crippen LogP contribution is 2.14. The van der Waals surface area contributed by atoms with Crippen LogP contribution in [0.5, 0.6) is 5.75 Å². The van der Waals surface area contributed by atoms with Crippen LogP contribution < -0.4 is 10.1 Å². The first-order chi connectivity index (χ1) is 13.5. The van der Waals surface area contributed by atoms with Gasteiger partial charge in [0.15, 0.2) is 6.61 Å². The number of anilines is 1. The van der Waals surface area contributed by atoms with E-state index in [9.17, 15) is 14.4 Å². The van der Waals surface area contributed by atoms with Crippen LogP contribution in [0.15, 0.2) is 48.5 Å². The summed E-state index contributed by atoms with van der Waals surface area (Å²) in [5, 5.41) is 2.60. The molecule has 28 heavy (non-hydrogen) atoms. The number of methoxy groups -OCH3 is 1. The van der Waals surface area contributed by atoms with Crippen molar-refractivity contribution in [3.05, 3.63) is 59.7 Å². The van der Waals surface area contributed by atoms with Crippen molar-refractivity contribution < 1.29 is 28.6 Å². The Morgan fingerprint density at radius 2 is 1.64 bits per heavy atom. The number of carbonyl (C=O) groups is 3. The molecular formula is C21H23NO6. The third kappa shape index (κ3) is 6.42. The summed E-state index contributed by atoms with van der Waals surface area (Å²) in [5.74, 6) is -1.00. The summed E-state index contributed by atoms with van der Waals surface area (Å²) < 4.78 is 15.2. The molecule has 0 fully saturated rings. The molecule has 0 saturated carbocycles. The summed E-state index contributed by atoms with van der Waals surface area (Å²) in [4.78, 5) is 35.8. The second-order valence-electron chi connectivity index (χ2n) is 5.92. The number of rotatable bonds is 9. The normalized spacial score (nSPS) is 10.1. The van der Waals surface area contributed by atoms with Crippen LogP contribution in [0.3, 0.4) is 0 Å². The van der Waals surface area contributed by atoms with Crippen LogP contribution in [0.2, 0.25) is 0 Å². The number of carbonyl (C=O) groups excluding carboxylic acids is 3. The van der Waals surface area contributed by atoms with E-state index < -0.39 is 24.5 Å². The van der Waals surface area contributed by atoms with E-state index in [-0.39, 0.29) is 5.56 Å². The molecule has 2 aromatic carbocycles. The Kier molecular flexibility index (Phi) is 8.02. The van der Waals surface area contributed by atoms with Crippen molar-refractivity contribution in [1.82, 2.24) is 0 Å². The number of unbranched alkanes of at least 4 members (excludes halogenated alkanes) is 1. The molecule has 2 aromatic rings. The summed E-state index contributed by atoms with van der Waals surface area (Å²) in [5.41, 5.74) is 1.17. The number of ether oxygens (including phenoxy) is 3. The summed E-state index contributed by atoms with van der Waals surface area (Å²) in [6.45, 7) is 1.96. The predicted octanol–water partition coefficient (Wildman–Crippen LogP) is 3.45. The SMILES string of the molecule is CCCCOC(=O)c1ccc(NC(=O)COC(=O)c2cccc(OC)c2)cc1. The molecule has 0 atom stereocenters. The van der Waals surface area contributed by atoms with Gasteiger partial charge < -0.3 is 19.5 Å². The van der Waals surface area contributed by atoms with Crippen LogP contribution in [-0.2, 0) is 14.3 Å². The number of esters is 2. The van der Waals surface area contributed by atoms with Gasteiger partial charge in [0.25, 0.3) is 5.91 Å². The fraction of sp³-hybridized carbons (Fsp3) is 0.286. The van der Waals surface area contributed by atoms with E-state index in [2.05, 4.69) is 5.32 Å². The molecule has 1 N–H and O–H groups in total. The molecule has 0 saturated heterocycles. The van der Waals surface area contributed by atoms with E-state index in [1.807, 2.05) is 6.92 Å². The van der Waals surface area contributed by atoms with Gasteiger partial charge in [-0.3, -0.25) is 4.79 Å². The van der Waals surface area contributed by atoms with Crippen LogP contribution in [-0.4, -0.2) is 38.2 Å². The van der Waals surface area contributed by atoms with Gasteiger partial charge in [0.2, 0.25) is 0 Å². The lowest BCUT2D eigenvalue weighted by molar-refractivity contribution is -0.119. The van der Waals surface area contributed by atoms with Crippen LogP contribution in [0.4, 0.5) is 5.69 Å². The van der Waals surface area contributed by atoms with Gasteiger partial charge in [0, 0.05) is 5.69 Å². The average Bonchev–Trinajstić information content (AvgIpc) is 2.72. The van der Waals surface area contributed by atoms with E-state index in [1.165, 1.54) is 13.2 Å². The lowest BCUT2D eigenvalue weighted by atomic mass is 10.2. The van der Waals surface area contributed by atoms with Gasteiger partial charge in [-0.05, 0) is 48.9 Å². The second-order valence-corrected chi connectivity index (χ2v) is 5.92. The van der Waals surface area contributed by atoms with Gasteiger partial charge in [-0.25, -0.2) is 9.59 Å². The Labute approximate surface area is 163 Å². The molecule has 0 aliphatic carbocycles. The van der Waals surface area contributed by atoms with Crippen molar-refractivity contribution in [2.45, 2.75) is 19.8 Å². The standard InChI is InChI=1S/C21H23NO6/c1-3-4-12-27-20(24)15-8-10-17(11-9-15)22-19(23)14-28-21(25)16-6-5-7-18(13-16)26-2/h5-11,13H,3-4,12,14H2,1-2H3,(H,22,23). The molecular weight excluding hydrogens is 362 g/mol. The monoisotopic (exact) mass is 385 g/mol. The van der Waals surface area contributed by atoms with Crippen molar-refractivity contribution in [2.75, 3.05) is 25.6 Å². The maximum Gasteiger partial charge on any atom is 0.338 e. The van der Waals surface area contributed by atoms with Crippen molar-refractivity contribution in [1.29, 1.82) is 0 Å². The highest BCUT2D eigenvalue weighted by atomic mass is 16.5. The summed E-state index contributed by atoms with van der Waals surface area (Å²) in [6, 6.07) is 12.7. The average molecular weight is 385 g/mol. The van der Waals surface area contributed by atoms with E-state index in [0.29, 0.717) is 23.6 Å². The van der Waals surface area contributed by atoms with Gasteiger partial charge in [0.05, 0.1) is 24.8 Å². The molecule has 7 heteroatoms. The zero-order valence-electron chi connectivity index (χ0n) is 15.9. The van der Waals surface area contributed by atoms with Gasteiger partial charge >= 0.3 is 11.9 Å². The molecule has 148 valence electrons. The van der Waals surface area contributed by atoms with E-state index in [4.69, 9.17) is 14.2 Å². The number of benzene rings is 2. The number of nitrogens with one attached hydrogen (secondary N) is 1. The van der Waals surface area contributed by atoms with Gasteiger partial charge in [-0.2, -0.15) is 0 Å². The summed E-state index contributed by atoms with van der Waals surface area (Å²) in [6.07, 6.45) is 1.76. The van der Waals surface area contributed by atoms with Gasteiger partial charge in [0.1, 0.15) is 5.75 Å². The molecule has 0 radical (unpaired) electrons. The molecule has 2 rings (SSSR count). The van der Waals surface area contributed by atoms with Crippen LogP contribution in [0.1, 0.15) is 40.5 Å². The van der Waals surface area contributed by atoms with Crippen molar-refractivity contribution in [3.8, 4) is 5.75 Å². The Bertz CT molecular complexity index is 816. The Hall–Kier alpha value is -3.35. The largest absolute Gasteiger partial charge is 0.497 e. The first kappa shape index (κ1) is 21.0. The minimum absolute atomic E-state index is 0.290. The molecule has 0 aliphatic rings. The predicted molar refractivity (Wildman–Crippen MR) is 104 cm³/mol. The van der Waals surface area contributed by atoms with E-state index >= 15 is 0 Å². The summed E-state index contributed by atoms with van der Waals surface area (Å²) >= 11 is 0. The number of amides is 1. The maximum absolute atomic E-state index is 12.0. The zero-order valence-corrected chi connectivity index (χ0v) is 15.9. The minimum Gasteiger partial charge on any atom is -0.497 e. The van der Waals surface area contributed by atoms with Crippen molar-refractivity contribution in [3.63, 3.8) is 0 Å². The molecule has 1 amide bonds. The van der Waals surface area contributed by atoms with Gasteiger partial charge in [-0.1, -0.05) is 19.4 Å². The molecule has 0 unspecified atom stereocenters. The first-order valence-corrected chi connectivity index (χ1v) is 8.91. The van der Waals surface area contributed by atoms with Crippen LogP contribution in [0.25, 0.3) is 0 Å². The fourth-order valence-electron chi connectivity index (χ4n) is 2.24. The highest BCUT2D eigenvalue weighted by molar-refractivity contribution is 5.96. The third-order valence-corrected chi connectivity index (χ3v) is 3.78. The topological polar surface area (TPSA) is 90.9 Å². The van der Waals surface area contributed by atoms with Crippen molar-refractivity contribution >= 4 is 23.5 Å². The molecule has 0 aromatic heterocycles. The van der Waals surface area contributed by atoms with E-state index in [0.717, 1.165) is 12.8 Å². The number of hydrogen-bond donors (Lipinski definition) is 1. The number of hydrogen-bond acceptors (Lipinski definition) is 6. The van der Waals surface area contributed by atoms with Crippen molar-refractivity contribution in [2.24, 2.45) is 0 Å². The summed E-state index contributed by atoms with van der Waals surface area (Å²) in [7, 11) is 1.49. The quantitative estimate of drug-likeness (QED) is 0.525. The molecule has 0 heterocycles. The third-order valence-electron chi connectivity index (χ3n) is 3.78. The Morgan fingerprint density at radius 1 is 0.929 bits per heavy atom. The maximum atomic E-state index is 12.0. The highest BCUT2D eigenvalue weighted by Gasteiger charge is 2.12. The Balaban J connectivity index is 1.82. The van der Waals surface area contributed by atoms with E-state index in [1.54, 1.807) is 42.5 Å². The second kappa shape index (κ2) is 10.7. The minimum atomic E-state index is -0.626. The first-order valence-electron chi connectivity index (χ1n) is 8.91. The van der Waals surface area contributed by atoms with Gasteiger partial charge in [-0.15, -0.1) is 0 Å². The Morgan fingerprint density at radius 3 is 2.32 bits per heavy atom. The smallest absolute Gasteiger partial charge is 0.338 e. The lowest BCUT2D eigenvalue weighted by Crippen LogP contribution is -2.21. The van der Waals surface area contributed by atoms with Crippen LogP contribution in [0, 0.1) is 0 Å². The zero-order chi connectivity index (χ0) is 20.4. The fourth-order valence-corrected chi connectivity index (χ4v) is 2.24. The molecule has 0 spiro atoms. The molecule has 0 aliphatic heterocycles. The molecule has 7 nitrogen and oxygen atoms in total.